The van der Waals surface area contributed by atoms with Gasteiger partial charge in [-0.1, -0.05) is 132 Å². The molecule has 6 heteroatoms. The van der Waals surface area contributed by atoms with Crippen molar-refractivity contribution in [3.63, 3.8) is 0 Å². The summed E-state index contributed by atoms with van der Waals surface area (Å²) in [6.07, 6.45) is 15.1. The fraction of sp³-hybridized carbons (Fsp3) is 0.491. The molecule has 3 nitrogen and oxygen atoms in total. The molecule has 0 radical (unpaired) electrons. The molecule has 8 aliphatic rings. The second kappa shape index (κ2) is 16.5. The number of hydrogen-bond acceptors (Lipinski definition) is 3. The van der Waals surface area contributed by atoms with Gasteiger partial charge >= 0.3 is 37.9 Å². The van der Waals surface area contributed by atoms with Crippen LogP contribution in [-0.2, 0) is 42.5 Å². The number of rotatable bonds is 6. The number of pyridine rings is 1. The van der Waals surface area contributed by atoms with Gasteiger partial charge in [-0.3, -0.25) is 0 Å². The van der Waals surface area contributed by atoms with Crippen LogP contribution in [-0.4, -0.2) is 4.98 Å². The Kier molecular flexibility index (Phi) is 11.5. The van der Waals surface area contributed by atoms with Gasteiger partial charge in [-0.25, -0.2) is 4.98 Å². The summed E-state index contributed by atoms with van der Waals surface area (Å²) in [6, 6.07) is 32.2. The predicted molar refractivity (Wildman–Crippen MR) is 254 cm³/mol. The van der Waals surface area contributed by atoms with Crippen molar-refractivity contribution in [2.75, 3.05) is 0 Å². The molecule has 0 atom stereocenters. The van der Waals surface area contributed by atoms with Crippen LogP contribution in [0.2, 0.25) is 0 Å². The molecule has 8 aliphatic carbocycles. The molecular weight excluding hydrogens is 893 g/mol. The Labute approximate surface area is 395 Å². The number of hydrogen-bond donors (Lipinski definition) is 0. The molecule has 5 aromatic rings. The second-order valence-electron chi connectivity index (χ2n) is 23.3. The molecule has 0 unspecified atom stereocenters. The van der Waals surface area contributed by atoms with Gasteiger partial charge in [0.15, 0.2) is 0 Å². The van der Waals surface area contributed by atoms with Gasteiger partial charge in [0.25, 0.3) is 0 Å². The molecule has 4 aromatic carbocycles. The molecule has 0 aliphatic heterocycles. The van der Waals surface area contributed by atoms with Crippen molar-refractivity contribution in [2.45, 2.75) is 140 Å². The number of halogens is 2. The van der Waals surface area contributed by atoms with Crippen LogP contribution in [0.1, 0.15) is 141 Å². The van der Waals surface area contributed by atoms with Crippen LogP contribution in [0.5, 0.6) is 11.5 Å². The third kappa shape index (κ3) is 8.01. The van der Waals surface area contributed by atoms with Crippen molar-refractivity contribution < 1.29 is 31.1 Å². The average molecular weight is 956 g/mol. The van der Waals surface area contributed by atoms with E-state index in [0.717, 1.165) is 91.4 Å². The molecule has 1 aromatic heterocycles. The van der Waals surface area contributed by atoms with E-state index in [1.165, 1.54) is 88.2 Å². The summed E-state index contributed by atoms with van der Waals surface area (Å²) in [5, 5.41) is 30.3. The van der Waals surface area contributed by atoms with Gasteiger partial charge in [0.05, 0.1) is 11.4 Å². The van der Waals surface area contributed by atoms with Gasteiger partial charge in [-0.15, -0.1) is 0 Å². The summed E-state index contributed by atoms with van der Waals surface area (Å²) < 4.78 is 0. The molecule has 8 bridgehead atoms. The van der Waals surface area contributed by atoms with E-state index in [1.807, 2.05) is 0 Å². The summed E-state index contributed by atoms with van der Waals surface area (Å²) >= 11 is -0.826. The Morgan fingerprint density at radius 1 is 0.460 bits per heavy atom. The topological polar surface area (TPSA) is 59.0 Å². The number of aromatic nitrogens is 1. The molecule has 0 amide bonds. The van der Waals surface area contributed by atoms with Crippen LogP contribution in [0.3, 0.4) is 0 Å². The zero-order valence-corrected chi connectivity index (χ0v) is 42.1. The van der Waals surface area contributed by atoms with Crippen molar-refractivity contribution in [3.05, 3.63) is 113 Å². The molecule has 63 heavy (non-hydrogen) atoms. The Hall–Kier alpha value is -2.91. The number of benzene rings is 4. The van der Waals surface area contributed by atoms with Crippen molar-refractivity contribution in [3.8, 4) is 56.3 Å². The molecular formula is C57H63Cl2NO2Zr. The average Bonchev–Trinajstić information content (AvgIpc) is 3.22. The van der Waals surface area contributed by atoms with E-state index in [-0.39, 0.29) is 33.2 Å². The second-order valence-corrected chi connectivity index (χ2v) is 27.0. The van der Waals surface area contributed by atoms with E-state index in [2.05, 4.69) is 133 Å². The van der Waals surface area contributed by atoms with Crippen molar-refractivity contribution in [2.24, 2.45) is 35.5 Å². The summed E-state index contributed by atoms with van der Waals surface area (Å²) in [7, 11) is 9.87. The summed E-state index contributed by atoms with van der Waals surface area (Å²) in [5.41, 5.74) is 11.6. The standard InChI is InChI=1S/C57H65NO2.2ClH.Zr/c1-54(2,3)40-24-46(52(59)48(26-40)56-28-34-18-35(29-56)20-36(19-34)30-56)42-12-7-9-14-44(42)50-16-11-17-51(58-50)45-15-10-8-13-43(45)47-25-41(55(4,5)6)27-49(53(47)60)57-31-37-21-38(32-57)23-39(22-37)33-57;;;/h7-17,24-27,34-39,59-60H,18-23,28-33H2,1-6H3;2*1H;/q;;;+4/p-4. The molecule has 8 saturated carbocycles. The van der Waals surface area contributed by atoms with E-state index in [0.29, 0.717) is 0 Å². The first-order valence-corrected chi connectivity index (χ1v) is 30.2. The quantitative estimate of drug-likeness (QED) is 0.170. The Morgan fingerprint density at radius 3 is 1.06 bits per heavy atom. The van der Waals surface area contributed by atoms with Crippen LogP contribution in [0.4, 0.5) is 0 Å². The maximum atomic E-state index is 15.1. The minimum absolute atomic E-state index is 0.00106. The molecule has 13 rings (SSSR count). The zero-order chi connectivity index (χ0) is 44.1. The van der Waals surface area contributed by atoms with Gasteiger partial charge in [-0.2, -0.15) is 0 Å². The fourth-order valence-electron chi connectivity index (χ4n) is 14.8. The summed E-state index contributed by atoms with van der Waals surface area (Å²) in [6.45, 7) is 13.7. The maximum absolute atomic E-state index is 15.1. The third-order valence-electron chi connectivity index (χ3n) is 16.9. The van der Waals surface area contributed by atoms with Crippen molar-refractivity contribution in [1.82, 2.24) is 4.98 Å². The van der Waals surface area contributed by atoms with E-state index < -0.39 is 20.8 Å². The van der Waals surface area contributed by atoms with Crippen LogP contribution in [0, 0.1) is 35.5 Å². The van der Waals surface area contributed by atoms with Crippen LogP contribution < -0.4 is 10.2 Å². The first kappa shape index (κ1) is 44.0. The first-order chi connectivity index (χ1) is 30.1. The molecule has 326 valence electrons. The normalized spacial score (nSPS) is 29.0. The molecule has 0 saturated heterocycles. The first-order valence-electron chi connectivity index (χ1n) is 23.9. The van der Waals surface area contributed by atoms with E-state index >= 15 is 10.2 Å². The van der Waals surface area contributed by atoms with Gasteiger partial charge in [0, 0.05) is 11.1 Å². The molecule has 8 fully saturated rings. The zero-order valence-electron chi connectivity index (χ0n) is 38.1. The predicted octanol–water partition coefficient (Wildman–Crippen LogP) is 14.8. The molecule has 0 N–H and O–H groups in total. The fourth-order valence-corrected chi connectivity index (χ4v) is 14.8. The van der Waals surface area contributed by atoms with Gasteiger partial charge < -0.3 is 10.2 Å². The third-order valence-corrected chi connectivity index (χ3v) is 16.9. The minimum atomic E-state index is -0.826. The summed E-state index contributed by atoms with van der Waals surface area (Å²) in [4.78, 5) is 5.44. The van der Waals surface area contributed by atoms with Gasteiger partial charge in [0.1, 0.15) is 0 Å². The summed E-state index contributed by atoms with van der Waals surface area (Å²) in [5.74, 6) is 5.00. The van der Waals surface area contributed by atoms with E-state index in [4.69, 9.17) is 22.0 Å². The van der Waals surface area contributed by atoms with E-state index in [1.54, 1.807) is 0 Å². The van der Waals surface area contributed by atoms with Crippen molar-refractivity contribution >= 4 is 17.0 Å². The molecule has 1 heterocycles. The molecule has 0 spiro atoms. The number of nitrogens with zero attached hydrogens (tertiary/aromatic N) is 1. The Balaban J connectivity index is 0.00000153. The van der Waals surface area contributed by atoms with E-state index in [9.17, 15) is 0 Å². The van der Waals surface area contributed by atoms with Crippen molar-refractivity contribution in [1.29, 1.82) is 0 Å². The van der Waals surface area contributed by atoms with Crippen LogP contribution in [0.25, 0.3) is 44.8 Å². The Morgan fingerprint density at radius 2 is 0.762 bits per heavy atom. The monoisotopic (exact) mass is 953 g/mol. The Bertz CT molecular complexity index is 2310. The SMILES string of the molecule is CC(C)(C)c1cc(-c2ccccc2-c2cccc(-c3ccccc3-c3cc(C(C)(C)C)cc(C45CC6CC(CC(C6)C4)C5)c3[O-])n2)c([O-])c(C23CC4CC(CC(C4)C2)C3)c1.[Cl][Zr+2][Cl]. The van der Waals surface area contributed by atoms with Crippen LogP contribution in [0.15, 0.2) is 91.0 Å². The van der Waals surface area contributed by atoms with Gasteiger partial charge in [0.2, 0.25) is 0 Å². The van der Waals surface area contributed by atoms with Gasteiger partial charge in [-0.05, 0) is 191 Å². The van der Waals surface area contributed by atoms with Crippen LogP contribution >= 0.6 is 17.0 Å².